The second-order valence-corrected chi connectivity index (χ2v) is 6.31. The van der Waals surface area contributed by atoms with E-state index in [1.165, 1.54) is 0 Å². The van der Waals surface area contributed by atoms with Gasteiger partial charge in [-0.05, 0) is 38.4 Å². The van der Waals surface area contributed by atoms with Gasteiger partial charge in [-0.15, -0.1) is 0 Å². The van der Waals surface area contributed by atoms with Crippen LogP contribution >= 0.6 is 0 Å². The van der Waals surface area contributed by atoms with Crippen molar-refractivity contribution >= 4 is 11.7 Å². The molecule has 0 bridgehead atoms. The van der Waals surface area contributed by atoms with Crippen LogP contribution in [0.15, 0.2) is 40.9 Å². The molecule has 0 saturated carbocycles. The summed E-state index contributed by atoms with van der Waals surface area (Å²) in [5.41, 5.74) is 0.929. The van der Waals surface area contributed by atoms with Crippen molar-refractivity contribution in [3.05, 3.63) is 47.7 Å². The summed E-state index contributed by atoms with van der Waals surface area (Å²) in [6.07, 6.45) is 1.07. The molecular formula is C18H23N3O3. The highest BCUT2D eigenvalue weighted by Gasteiger charge is 2.26. The zero-order valence-corrected chi connectivity index (χ0v) is 13.8. The molecule has 1 aliphatic rings. The van der Waals surface area contributed by atoms with Crippen LogP contribution in [0.25, 0.3) is 0 Å². The van der Waals surface area contributed by atoms with Gasteiger partial charge in [0.25, 0.3) is 0 Å². The first kappa shape index (κ1) is 16.7. The first-order valence-corrected chi connectivity index (χ1v) is 8.31. The molecule has 1 fully saturated rings. The van der Waals surface area contributed by atoms with Crippen molar-refractivity contribution in [1.29, 1.82) is 0 Å². The predicted molar refractivity (Wildman–Crippen MR) is 90.4 cm³/mol. The van der Waals surface area contributed by atoms with Crippen LogP contribution < -0.4 is 5.32 Å². The number of aryl methyl sites for hydroxylation is 1. The molecule has 0 aliphatic carbocycles. The molecule has 1 aliphatic heterocycles. The lowest BCUT2D eigenvalue weighted by Gasteiger charge is -2.32. The first-order chi connectivity index (χ1) is 11.6. The quantitative estimate of drug-likeness (QED) is 0.880. The van der Waals surface area contributed by atoms with Crippen molar-refractivity contribution in [3.8, 4) is 0 Å². The summed E-state index contributed by atoms with van der Waals surface area (Å²) in [5.74, 6) is 1.12. The number of nitrogens with one attached hydrogen (secondary N) is 1. The summed E-state index contributed by atoms with van der Waals surface area (Å²) < 4.78 is 4.95. The topological polar surface area (TPSA) is 78.6 Å². The van der Waals surface area contributed by atoms with Gasteiger partial charge in [-0.1, -0.05) is 35.5 Å². The zero-order chi connectivity index (χ0) is 16.9. The number of aromatic nitrogens is 1. The van der Waals surface area contributed by atoms with E-state index in [2.05, 4.69) is 15.4 Å². The molecule has 1 aromatic heterocycles. The molecule has 2 aromatic rings. The molecule has 3 rings (SSSR count). The number of β-amino-alcohol motifs (C(OH)–C–C–N with tert-alkyl or cyclic N) is 1. The number of piperidine rings is 1. The van der Waals surface area contributed by atoms with Crippen LogP contribution in [0, 0.1) is 12.8 Å². The lowest BCUT2D eigenvalue weighted by Crippen LogP contribution is -2.40. The second kappa shape index (κ2) is 7.59. The van der Waals surface area contributed by atoms with E-state index in [9.17, 15) is 9.90 Å². The number of carbonyl (C=O) groups is 1. The Bertz CT molecular complexity index is 663. The molecule has 2 heterocycles. The molecule has 1 unspecified atom stereocenters. The fourth-order valence-electron chi connectivity index (χ4n) is 3.06. The molecule has 1 atom stereocenters. The number of amides is 1. The van der Waals surface area contributed by atoms with Crippen LogP contribution in [-0.2, 0) is 4.79 Å². The minimum Gasteiger partial charge on any atom is -0.387 e. The Kier molecular flexibility index (Phi) is 5.27. The van der Waals surface area contributed by atoms with Crippen LogP contribution in [0.4, 0.5) is 5.82 Å². The Morgan fingerprint density at radius 3 is 2.71 bits per heavy atom. The summed E-state index contributed by atoms with van der Waals surface area (Å²) in [6, 6.07) is 11.4. The molecule has 1 saturated heterocycles. The van der Waals surface area contributed by atoms with Gasteiger partial charge in [-0.2, -0.15) is 0 Å². The normalized spacial score (nSPS) is 17.6. The maximum absolute atomic E-state index is 12.3. The van der Waals surface area contributed by atoms with Crippen molar-refractivity contribution in [2.75, 3.05) is 25.0 Å². The smallest absolute Gasteiger partial charge is 0.228 e. The molecule has 24 heavy (non-hydrogen) atoms. The Labute approximate surface area is 141 Å². The molecular weight excluding hydrogens is 306 g/mol. The highest BCUT2D eigenvalue weighted by molar-refractivity contribution is 5.91. The van der Waals surface area contributed by atoms with Gasteiger partial charge in [-0.25, -0.2) is 0 Å². The predicted octanol–water partition coefficient (Wildman–Crippen LogP) is 2.37. The van der Waals surface area contributed by atoms with Crippen LogP contribution in [0.2, 0.25) is 0 Å². The summed E-state index contributed by atoms with van der Waals surface area (Å²) in [4.78, 5) is 14.5. The minimum atomic E-state index is -0.491. The number of likely N-dealkylation sites (tertiary alicyclic amines) is 1. The summed E-state index contributed by atoms with van der Waals surface area (Å²) >= 11 is 0. The number of benzene rings is 1. The molecule has 1 aromatic carbocycles. The second-order valence-electron chi connectivity index (χ2n) is 6.31. The highest BCUT2D eigenvalue weighted by atomic mass is 16.5. The average Bonchev–Trinajstić information content (AvgIpc) is 3.01. The summed E-state index contributed by atoms with van der Waals surface area (Å²) in [6.45, 7) is 4.00. The Morgan fingerprint density at radius 2 is 2.08 bits per heavy atom. The van der Waals surface area contributed by atoms with E-state index in [4.69, 9.17) is 4.52 Å². The van der Waals surface area contributed by atoms with E-state index in [-0.39, 0.29) is 11.8 Å². The molecule has 2 N–H and O–H groups in total. The molecule has 6 heteroatoms. The van der Waals surface area contributed by atoms with E-state index in [1.54, 1.807) is 13.0 Å². The number of hydrogen-bond donors (Lipinski definition) is 2. The van der Waals surface area contributed by atoms with Gasteiger partial charge in [0.2, 0.25) is 5.91 Å². The molecule has 128 valence electrons. The third kappa shape index (κ3) is 4.21. The fraction of sp³-hybridized carbons (Fsp3) is 0.444. The number of hydrogen-bond acceptors (Lipinski definition) is 5. The number of carbonyl (C=O) groups excluding carboxylic acids is 1. The van der Waals surface area contributed by atoms with Gasteiger partial charge in [0.15, 0.2) is 5.82 Å². The first-order valence-electron chi connectivity index (χ1n) is 8.31. The van der Waals surface area contributed by atoms with Crippen LogP contribution in [0.5, 0.6) is 0 Å². The van der Waals surface area contributed by atoms with E-state index in [1.807, 2.05) is 30.3 Å². The molecule has 0 spiro atoms. The van der Waals surface area contributed by atoms with Crippen LogP contribution in [-0.4, -0.2) is 40.7 Å². The van der Waals surface area contributed by atoms with E-state index in [0.717, 1.165) is 31.5 Å². The van der Waals surface area contributed by atoms with Gasteiger partial charge in [0.05, 0.1) is 6.10 Å². The maximum atomic E-state index is 12.3. The number of aliphatic hydroxyl groups is 1. The monoisotopic (exact) mass is 329 g/mol. The highest BCUT2D eigenvalue weighted by Crippen LogP contribution is 2.22. The maximum Gasteiger partial charge on any atom is 0.228 e. The Morgan fingerprint density at radius 1 is 1.38 bits per heavy atom. The van der Waals surface area contributed by atoms with Gasteiger partial charge < -0.3 is 19.8 Å². The number of aliphatic hydroxyl groups excluding tert-OH is 1. The van der Waals surface area contributed by atoms with Gasteiger partial charge in [0.1, 0.15) is 5.76 Å². The van der Waals surface area contributed by atoms with E-state index >= 15 is 0 Å². The van der Waals surface area contributed by atoms with Crippen LogP contribution in [0.3, 0.4) is 0 Å². The van der Waals surface area contributed by atoms with E-state index in [0.29, 0.717) is 18.1 Å². The van der Waals surface area contributed by atoms with Crippen molar-refractivity contribution < 1.29 is 14.4 Å². The number of anilines is 1. The number of rotatable bonds is 5. The Hall–Kier alpha value is -2.18. The van der Waals surface area contributed by atoms with Crippen molar-refractivity contribution in [1.82, 2.24) is 10.1 Å². The van der Waals surface area contributed by atoms with Gasteiger partial charge in [0, 0.05) is 18.5 Å². The number of nitrogens with zero attached hydrogens (tertiary/aromatic N) is 2. The lowest BCUT2D eigenvalue weighted by atomic mass is 9.95. The van der Waals surface area contributed by atoms with Crippen molar-refractivity contribution in [2.24, 2.45) is 5.92 Å². The molecule has 0 radical (unpaired) electrons. The average molecular weight is 329 g/mol. The lowest BCUT2D eigenvalue weighted by molar-refractivity contribution is -0.121. The van der Waals surface area contributed by atoms with Crippen LogP contribution in [0.1, 0.15) is 30.3 Å². The molecule has 6 nitrogen and oxygen atoms in total. The summed E-state index contributed by atoms with van der Waals surface area (Å²) in [7, 11) is 0. The third-order valence-electron chi connectivity index (χ3n) is 4.45. The fourth-order valence-corrected chi connectivity index (χ4v) is 3.06. The van der Waals surface area contributed by atoms with Gasteiger partial charge in [-0.3, -0.25) is 4.79 Å². The standard InChI is InChI=1S/C18H23N3O3/c1-13-11-17(20-24-13)19-18(23)15-7-9-21(10-8-15)12-16(22)14-5-3-2-4-6-14/h2-6,11,15-16,22H,7-10,12H2,1H3,(H,19,20,23). The zero-order valence-electron chi connectivity index (χ0n) is 13.8. The largest absolute Gasteiger partial charge is 0.387 e. The third-order valence-corrected chi connectivity index (χ3v) is 4.45. The molecule has 1 amide bonds. The van der Waals surface area contributed by atoms with Crippen molar-refractivity contribution in [2.45, 2.75) is 25.9 Å². The minimum absolute atomic E-state index is 0.00782. The van der Waals surface area contributed by atoms with Crippen molar-refractivity contribution in [3.63, 3.8) is 0 Å². The summed E-state index contributed by atoms with van der Waals surface area (Å²) in [5, 5.41) is 16.9. The van der Waals surface area contributed by atoms with E-state index < -0.39 is 6.10 Å². The van der Waals surface area contributed by atoms with Gasteiger partial charge >= 0.3 is 0 Å². The Balaban J connectivity index is 1.46. The SMILES string of the molecule is Cc1cc(NC(=O)C2CCN(CC(O)c3ccccc3)CC2)no1.